The molecule has 0 aliphatic rings. The van der Waals surface area contributed by atoms with Gasteiger partial charge in [-0.15, -0.1) is 11.6 Å². The molecule has 80 valence electrons. The number of halogens is 3. The van der Waals surface area contributed by atoms with Crippen molar-refractivity contribution in [2.45, 2.75) is 13.0 Å². The number of nitrogens with zero attached hydrogens (tertiary/aromatic N) is 1. The lowest BCUT2D eigenvalue weighted by Crippen LogP contribution is -2.30. The lowest BCUT2D eigenvalue weighted by molar-refractivity contribution is 0.0879. The highest BCUT2D eigenvalue weighted by atomic mass is 35.5. The Morgan fingerprint density at radius 3 is 2.79 bits per heavy atom. The van der Waals surface area contributed by atoms with Gasteiger partial charge in [0.05, 0.1) is 6.54 Å². The molecule has 1 aromatic rings. The van der Waals surface area contributed by atoms with Crippen LogP contribution in [-0.4, -0.2) is 30.3 Å². The molecule has 1 nitrogen and oxygen atoms in total. The molecule has 1 rings (SSSR count). The van der Waals surface area contributed by atoms with E-state index in [9.17, 15) is 8.78 Å². The molecular weight excluding hydrogens is 228 g/mol. The summed E-state index contributed by atoms with van der Waals surface area (Å²) in [5.41, 5.74) is 1.07. The van der Waals surface area contributed by atoms with E-state index in [1.54, 1.807) is 16.2 Å². The third-order valence-corrected chi connectivity index (χ3v) is 2.68. The third-order valence-electron chi connectivity index (χ3n) is 1.78. The Morgan fingerprint density at radius 1 is 1.50 bits per heavy atom. The normalized spacial score (nSPS) is 11.5. The fourth-order valence-electron chi connectivity index (χ4n) is 1.19. The summed E-state index contributed by atoms with van der Waals surface area (Å²) in [4.78, 5) is 1.67. The predicted molar refractivity (Wildman–Crippen MR) is 56.3 cm³/mol. The summed E-state index contributed by atoms with van der Waals surface area (Å²) in [7, 11) is 0. The Hall–Kier alpha value is -0.190. The molecule has 5 heteroatoms. The number of rotatable bonds is 6. The van der Waals surface area contributed by atoms with E-state index in [1.807, 2.05) is 16.8 Å². The number of alkyl halides is 3. The minimum absolute atomic E-state index is 0.206. The van der Waals surface area contributed by atoms with E-state index in [4.69, 9.17) is 11.6 Å². The van der Waals surface area contributed by atoms with Crippen molar-refractivity contribution in [1.29, 1.82) is 0 Å². The minimum atomic E-state index is -2.29. The molecule has 0 aliphatic heterocycles. The Balaban J connectivity index is 2.42. The van der Waals surface area contributed by atoms with Crippen LogP contribution in [0.5, 0.6) is 0 Å². The van der Waals surface area contributed by atoms with Crippen LogP contribution in [0.1, 0.15) is 5.56 Å². The maximum Gasteiger partial charge on any atom is 0.251 e. The van der Waals surface area contributed by atoms with Crippen molar-refractivity contribution < 1.29 is 8.78 Å². The smallest absolute Gasteiger partial charge is 0.251 e. The number of hydrogen-bond donors (Lipinski definition) is 0. The average Bonchev–Trinajstić information content (AvgIpc) is 2.56. The van der Waals surface area contributed by atoms with Gasteiger partial charge in [0.25, 0.3) is 6.43 Å². The average molecular weight is 240 g/mol. The van der Waals surface area contributed by atoms with E-state index < -0.39 is 6.43 Å². The van der Waals surface area contributed by atoms with Gasteiger partial charge in [-0.1, -0.05) is 0 Å². The van der Waals surface area contributed by atoms with Gasteiger partial charge in [0.1, 0.15) is 0 Å². The van der Waals surface area contributed by atoms with E-state index in [1.165, 1.54) is 0 Å². The molecule has 0 spiro atoms. The molecule has 1 aromatic heterocycles. The van der Waals surface area contributed by atoms with Crippen molar-refractivity contribution >= 4 is 22.9 Å². The Labute approximate surface area is 91.3 Å². The molecule has 0 amide bonds. The first kappa shape index (κ1) is 11.9. The van der Waals surface area contributed by atoms with Gasteiger partial charge < -0.3 is 0 Å². The van der Waals surface area contributed by atoms with Crippen molar-refractivity contribution in [2.24, 2.45) is 0 Å². The van der Waals surface area contributed by atoms with Gasteiger partial charge in [-0.2, -0.15) is 11.3 Å². The predicted octanol–water partition coefficient (Wildman–Crippen LogP) is 3.05. The van der Waals surface area contributed by atoms with Crippen LogP contribution >= 0.6 is 22.9 Å². The summed E-state index contributed by atoms with van der Waals surface area (Å²) in [6.07, 6.45) is -2.29. The lowest BCUT2D eigenvalue weighted by atomic mass is 10.3. The van der Waals surface area contributed by atoms with Gasteiger partial charge in [0, 0.05) is 19.0 Å². The van der Waals surface area contributed by atoms with E-state index in [2.05, 4.69) is 0 Å². The van der Waals surface area contributed by atoms with Crippen LogP contribution in [0.15, 0.2) is 16.8 Å². The molecule has 0 bridgehead atoms. The molecule has 0 aromatic carbocycles. The van der Waals surface area contributed by atoms with Crippen molar-refractivity contribution in [1.82, 2.24) is 4.90 Å². The van der Waals surface area contributed by atoms with Crippen LogP contribution in [0.2, 0.25) is 0 Å². The summed E-state index contributed by atoms with van der Waals surface area (Å²) in [6, 6.07) is 1.94. The fourth-order valence-corrected chi connectivity index (χ4v) is 2.09. The lowest BCUT2D eigenvalue weighted by Gasteiger charge is -2.19. The first-order chi connectivity index (χ1) is 6.72. The molecule has 0 unspecified atom stereocenters. The molecule has 14 heavy (non-hydrogen) atoms. The van der Waals surface area contributed by atoms with E-state index >= 15 is 0 Å². The monoisotopic (exact) mass is 239 g/mol. The summed E-state index contributed by atoms with van der Waals surface area (Å²) in [6.45, 7) is 0.852. The van der Waals surface area contributed by atoms with Crippen LogP contribution in [-0.2, 0) is 6.54 Å². The summed E-state index contributed by atoms with van der Waals surface area (Å²) >= 11 is 7.11. The van der Waals surface area contributed by atoms with E-state index in [0.29, 0.717) is 19.0 Å². The fraction of sp³-hybridized carbons (Fsp3) is 0.556. The molecule has 0 N–H and O–H groups in total. The first-order valence-electron chi connectivity index (χ1n) is 4.30. The second-order valence-electron chi connectivity index (χ2n) is 2.95. The van der Waals surface area contributed by atoms with Crippen molar-refractivity contribution in [3.63, 3.8) is 0 Å². The van der Waals surface area contributed by atoms with Gasteiger partial charge in [-0.25, -0.2) is 8.78 Å². The molecule has 0 saturated heterocycles. The molecular formula is C9H12ClF2NS. The summed E-state index contributed by atoms with van der Waals surface area (Å²) < 4.78 is 24.3. The van der Waals surface area contributed by atoms with Crippen LogP contribution in [0, 0.1) is 0 Å². The zero-order valence-corrected chi connectivity index (χ0v) is 9.20. The molecule has 1 heterocycles. The third kappa shape index (κ3) is 4.35. The standard InChI is InChI=1S/C9H12ClF2NS/c10-2-3-13(6-9(11)12)5-8-1-4-14-7-8/h1,4,7,9H,2-3,5-6H2. The van der Waals surface area contributed by atoms with Crippen molar-refractivity contribution in [2.75, 3.05) is 19.0 Å². The molecule has 0 aliphatic carbocycles. The highest BCUT2D eigenvalue weighted by molar-refractivity contribution is 7.07. The quantitative estimate of drug-likeness (QED) is 0.690. The highest BCUT2D eigenvalue weighted by Gasteiger charge is 2.11. The molecule has 0 radical (unpaired) electrons. The van der Waals surface area contributed by atoms with Crippen LogP contribution in [0.3, 0.4) is 0 Å². The van der Waals surface area contributed by atoms with Crippen molar-refractivity contribution in [3.05, 3.63) is 22.4 Å². The SMILES string of the molecule is FC(F)CN(CCCl)Cc1ccsc1. The second kappa shape index (κ2) is 6.32. The zero-order chi connectivity index (χ0) is 10.4. The largest absolute Gasteiger partial charge is 0.292 e. The zero-order valence-electron chi connectivity index (χ0n) is 7.63. The van der Waals surface area contributed by atoms with Gasteiger partial charge in [-0.3, -0.25) is 4.90 Å². The molecule has 0 atom stereocenters. The molecule has 0 fully saturated rings. The Kier molecular flexibility index (Phi) is 5.37. The van der Waals surface area contributed by atoms with E-state index in [-0.39, 0.29) is 6.54 Å². The molecule has 0 saturated carbocycles. The Morgan fingerprint density at radius 2 is 2.29 bits per heavy atom. The van der Waals surface area contributed by atoms with Crippen molar-refractivity contribution in [3.8, 4) is 0 Å². The summed E-state index contributed by atoms with van der Waals surface area (Å²) in [5, 5.41) is 3.91. The van der Waals surface area contributed by atoms with Gasteiger partial charge in [-0.05, 0) is 22.4 Å². The van der Waals surface area contributed by atoms with Crippen LogP contribution in [0.25, 0.3) is 0 Å². The maximum atomic E-state index is 12.2. The minimum Gasteiger partial charge on any atom is -0.292 e. The van der Waals surface area contributed by atoms with E-state index in [0.717, 1.165) is 5.56 Å². The highest BCUT2D eigenvalue weighted by Crippen LogP contribution is 2.10. The summed E-state index contributed by atoms with van der Waals surface area (Å²) in [5.74, 6) is 0.386. The van der Waals surface area contributed by atoms with Crippen LogP contribution in [0.4, 0.5) is 8.78 Å². The second-order valence-corrected chi connectivity index (χ2v) is 4.10. The van der Waals surface area contributed by atoms with Gasteiger partial charge in [0.15, 0.2) is 0 Å². The van der Waals surface area contributed by atoms with Gasteiger partial charge >= 0.3 is 0 Å². The van der Waals surface area contributed by atoms with Gasteiger partial charge in [0.2, 0.25) is 0 Å². The number of thiophene rings is 1. The van der Waals surface area contributed by atoms with Crippen LogP contribution < -0.4 is 0 Å². The topological polar surface area (TPSA) is 3.24 Å². The first-order valence-corrected chi connectivity index (χ1v) is 5.77. The maximum absolute atomic E-state index is 12.2. The Bertz CT molecular complexity index is 241. The number of hydrogen-bond acceptors (Lipinski definition) is 2.